The van der Waals surface area contributed by atoms with Gasteiger partial charge in [-0.3, -0.25) is 9.59 Å². The molecule has 0 aromatic heterocycles. The van der Waals surface area contributed by atoms with E-state index in [1.54, 1.807) is 12.1 Å². The molecule has 0 unspecified atom stereocenters. The highest BCUT2D eigenvalue weighted by molar-refractivity contribution is 7.89. The average Bonchev–Trinajstić information content (AvgIpc) is 2.61. The van der Waals surface area contributed by atoms with E-state index in [4.69, 9.17) is 0 Å². The predicted octanol–water partition coefficient (Wildman–Crippen LogP) is 2.01. The Morgan fingerprint density at radius 1 is 1.00 bits per heavy atom. The van der Waals surface area contributed by atoms with E-state index in [1.165, 1.54) is 43.3 Å². The molecule has 0 aliphatic carbocycles. The average molecular weight is 378 g/mol. The molecule has 1 amide bonds. The number of hydrogen-bond acceptors (Lipinski definition) is 4. The van der Waals surface area contributed by atoms with Crippen LogP contribution in [0.1, 0.15) is 29.3 Å². The number of benzene rings is 2. The van der Waals surface area contributed by atoms with Gasteiger partial charge in [0.25, 0.3) is 0 Å². The van der Waals surface area contributed by atoms with E-state index in [0.29, 0.717) is 5.56 Å². The minimum absolute atomic E-state index is 0.0224. The summed E-state index contributed by atoms with van der Waals surface area (Å²) in [5.74, 6) is -0.838. The number of carbonyl (C=O) groups is 2. The van der Waals surface area contributed by atoms with Crippen molar-refractivity contribution in [2.45, 2.75) is 24.8 Å². The third kappa shape index (κ3) is 5.75. The minimum Gasteiger partial charge on any atom is -0.352 e. The topological polar surface area (TPSA) is 92.3 Å². The molecule has 26 heavy (non-hydrogen) atoms. The van der Waals surface area contributed by atoms with Gasteiger partial charge in [-0.2, -0.15) is 0 Å². The van der Waals surface area contributed by atoms with Crippen molar-refractivity contribution in [3.05, 3.63) is 65.5 Å². The first-order valence-electron chi connectivity index (χ1n) is 7.90. The Labute approximate surface area is 151 Å². The summed E-state index contributed by atoms with van der Waals surface area (Å²) in [6, 6.07) is 11.3. The number of sulfonamides is 1. The SMILES string of the molecule is CC(=O)c1ccc(S(=O)(=O)NCCC(=O)NCc2ccc(F)cc2)cc1. The molecule has 2 aromatic rings. The standard InChI is InChI=1S/C18H19FN2O4S/c1-13(22)15-4-8-17(9-5-15)26(24,25)21-11-10-18(23)20-12-14-2-6-16(19)7-3-14/h2-9,21H,10-12H2,1H3,(H,20,23). The van der Waals surface area contributed by atoms with E-state index < -0.39 is 10.0 Å². The maximum absolute atomic E-state index is 12.8. The Bertz CT molecular complexity index is 878. The van der Waals surface area contributed by atoms with Crippen LogP contribution in [0.3, 0.4) is 0 Å². The van der Waals surface area contributed by atoms with E-state index in [2.05, 4.69) is 10.0 Å². The minimum atomic E-state index is -3.75. The second kappa shape index (κ2) is 8.68. The normalized spacial score (nSPS) is 11.2. The van der Waals surface area contributed by atoms with Crippen LogP contribution in [0.5, 0.6) is 0 Å². The van der Waals surface area contributed by atoms with Gasteiger partial charge in [0.05, 0.1) is 4.90 Å². The van der Waals surface area contributed by atoms with Gasteiger partial charge in [0.1, 0.15) is 5.82 Å². The van der Waals surface area contributed by atoms with Gasteiger partial charge in [-0.1, -0.05) is 24.3 Å². The zero-order valence-electron chi connectivity index (χ0n) is 14.2. The van der Waals surface area contributed by atoms with Crippen molar-refractivity contribution in [3.8, 4) is 0 Å². The highest BCUT2D eigenvalue weighted by Gasteiger charge is 2.14. The molecule has 0 fully saturated rings. The molecule has 0 heterocycles. The zero-order chi connectivity index (χ0) is 19.2. The summed E-state index contributed by atoms with van der Waals surface area (Å²) in [5.41, 5.74) is 1.16. The smallest absolute Gasteiger partial charge is 0.240 e. The van der Waals surface area contributed by atoms with Crippen molar-refractivity contribution in [2.75, 3.05) is 6.54 Å². The molecule has 0 aliphatic rings. The van der Waals surface area contributed by atoms with Crippen LogP contribution < -0.4 is 10.0 Å². The quantitative estimate of drug-likeness (QED) is 0.688. The van der Waals surface area contributed by atoms with Crippen LogP contribution in [-0.4, -0.2) is 26.7 Å². The Hall–Kier alpha value is -2.58. The van der Waals surface area contributed by atoms with Gasteiger partial charge in [-0.05, 0) is 36.8 Å². The van der Waals surface area contributed by atoms with E-state index >= 15 is 0 Å². The fourth-order valence-electron chi connectivity index (χ4n) is 2.14. The number of carbonyl (C=O) groups excluding carboxylic acids is 2. The fraction of sp³-hybridized carbons (Fsp3) is 0.222. The van der Waals surface area contributed by atoms with Gasteiger partial charge in [0.2, 0.25) is 15.9 Å². The summed E-state index contributed by atoms with van der Waals surface area (Å²) in [4.78, 5) is 23.0. The zero-order valence-corrected chi connectivity index (χ0v) is 15.0. The first-order chi connectivity index (χ1) is 12.3. The predicted molar refractivity (Wildman–Crippen MR) is 94.5 cm³/mol. The van der Waals surface area contributed by atoms with Gasteiger partial charge in [0.15, 0.2) is 5.78 Å². The van der Waals surface area contributed by atoms with E-state index in [1.807, 2.05) is 0 Å². The second-order valence-corrected chi connectivity index (χ2v) is 7.40. The molecule has 0 bridgehead atoms. The van der Waals surface area contributed by atoms with Crippen LogP contribution in [0.15, 0.2) is 53.4 Å². The molecule has 8 heteroatoms. The first-order valence-corrected chi connectivity index (χ1v) is 9.38. The van der Waals surface area contributed by atoms with Crippen molar-refractivity contribution in [2.24, 2.45) is 0 Å². The van der Waals surface area contributed by atoms with Crippen molar-refractivity contribution >= 4 is 21.7 Å². The summed E-state index contributed by atoms with van der Waals surface area (Å²) in [6.45, 7) is 1.57. The van der Waals surface area contributed by atoms with Crippen molar-refractivity contribution < 1.29 is 22.4 Å². The number of amides is 1. The van der Waals surface area contributed by atoms with Crippen LogP contribution in [0.25, 0.3) is 0 Å². The van der Waals surface area contributed by atoms with Crippen LogP contribution in [0, 0.1) is 5.82 Å². The van der Waals surface area contributed by atoms with Gasteiger partial charge in [0, 0.05) is 25.1 Å². The molecular formula is C18H19FN2O4S. The Morgan fingerprint density at radius 3 is 2.19 bits per heavy atom. The molecule has 138 valence electrons. The summed E-state index contributed by atoms with van der Waals surface area (Å²) in [6.07, 6.45) is -0.0358. The van der Waals surface area contributed by atoms with Gasteiger partial charge in [-0.25, -0.2) is 17.5 Å². The third-order valence-electron chi connectivity index (χ3n) is 3.62. The summed E-state index contributed by atoms with van der Waals surface area (Å²) in [7, 11) is -3.75. The molecule has 0 aliphatic heterocycles. The maximum atomic E-state index is 12.8. The lowest BCUT2D eigenvalue weighted by Gasteiger charge is -2.08. The molecule has 2 rings (SSSR count). The lowest BCUT2D eigenvalue weighted by Crippen LogP contribution is -2.30. The highest BCUT2D eigenvalue weighted by Crippen LogP contribution is 2.11. The molecule has 0 atom stereocenters. The van der Waals surface area contributed by atoms with Crippen LogP contribution in [0.4, 0.5) is 4.39 Å². The highest BCUT2D eigenvalue weighted by atomic mass is 32.2. The number of rotatable bonds is 8. The molecule has 2 aromatic carbocycles. The Balaban J connectivity index is 1.80. The largest absolute Gasteiger partial charge is 0.352 e. The number of nitrogens with one attached hydrogen (secondary N) is 2. The van der Waals surface area contributed by atoms with Crippen LogP contribution in [-0.2, 0) is 21.4 Å². The van der Waals surface area contributed by atoms with Gasteiger partial charge < -0.3 is 5.32 Å². The molecule has 0 radical (unpaired) electrons. The molecule has 0 saturated carbocycles. The van der Waals surface area contributed by atoms with Crippen molar-refractivity contribution in [1.82, 2.24) is 10.0 Å². The van der Waals surface area contributed by atoms with Crippen molar-refractivity contribution in [3.63, 3.8) is 0 Å². The second-order valence-electron chi connectivity index (χ2n) is 5.63. The van der Waals surface area contributed by atoms with E-state index in [0.717, 1.165) is 5.56 Å². The van der Waals surface area contributed by atoms with E-state index in [9.17, 15) is 22.4 Å². The molecule has 2 N–H and O–H groups in total. The summed E-state index contributed by atoms with van der Waals surface area (Å²) >= 11 is 0. The monoisotopic (exact) mass is 378 g/mol. The number of ketones is 1. The first kappa shape index (κ1) is 19.7. The number of halogens is 1. The maximum Gasteiger partial charge on any atom is 0.240 e. The number of Topliss-reactive ketones (excluding diaryl/α,β-unsaturated/α-hetero) is 1. The Kier molecular flexibility index (Phi) is 6.59. The van der Waals surface area contributed by atoms with E-state index in [-0.39, 0.29) is 41.9 Å². The lowest BCUT2D eigenvalue weighted by molar-refractivity contribution is -0.121. The fourth-order valence-corrected chi connectivity index (χ4v) is 3.17. The molecule has 0 saturated heterocycles. The van der Waals surface area contributed by atoms with Crippen LogP contribution in [0.2, 0.25) is 0 Å². The summed E-state index contributed by atoms with van der Waals surface area (Å²) < 4.78 is 39.4. The van der Waals surface area contributed by atoms with Crippen molar-refractivity contribution in [1.29, 1.82) is 0 Å². The number of hydrogen-bond donors (Lipinski definition) is 2. The summed E-state index contributed by atoms with van der Waals surface area (Å²) in [5, 5.41) is 2.63. The lowest BCUT2D eigenvalue weighted by atomic mass is 10.2. The molecule has 6 nitrogen and oxygen atoms in total. The van der Waals surface area contributed by atoms with Crippen LogP contribution >= 0.6 is 0 Å². The Morgan fingerprint density at radius 2 is 1.62 bits per heavy atom. The van der Waals surface area contributed by atoms with Gasteiger partial charge in [-0.15, -0.1) is 0 Å². The molecular weight excluding hydrogens is 359 g/mol. The third-order valence-corrected chi connectivity index (χ3v) is 5.10. The van der Waals surface area contributed by atoms with Gasteiger partial charge >= 0.3 is 0 Å². The molecule has 0 spiro atoms.